The zero-order valence-electron chi connectivity index (χ0n) is 30.3. The molecule has 0 fully saturated rings. The number of aliphatic hydroxyl groups is 2. The number of amides is 3. The number of alkyl carbamates (subject to hydrolysis) is 1. The predicted octanol–water partition coefficient (Wildman–Crippen LogP) is 4.67. The zero-order valence-corrected chi connectivity index (χ0v) is 30.3. The monoisotopic (exact) mass is 690 g/mol. The number of hydrogen-bond donors (Lipinski definition) is 4. The molecule has 3 aromatic carbocycles. The third-order valence-electron chi connectivity index (χ3n) is 8.12. The van der Waals surface area contributed by atoms with Crippen molar-refractivity contribution in [3.63, 3.8) is 0 Å². The van der Waals surface area contributed by atoms with Gasteiger partial charge in [0.05, 0.1) is 12.1 Å². The van der Waals surface area contributed by atoms with Gasteiger partial charge >= 0.3 is 12.2 Å². The van der Waals surface area contributed by atoms with Crippen molar-refractivity contribution in [2.75, 3.05) is 14.1 Å². The van der Waals surface area contributed by atoms with Gasteiger partial charge in [-0.05, 0) is 75.9 Å². The van der Waals surface area contributed by atoms with Crippen LogP contribution in [-0.4, -0.2) is 88.1 Å². The molecule has 0 heterocycles. The minimum absolute atomic E-state index is 0.0361. The summed E-state index contributed by atoms with van der Waals surface area (Å²) in [6, 6.07) is 22.4. The lowest BCUT2D eigenvalue weighted by Gasteiger charge is -2.42. The van der Waals surface area contributed by atoms with Crippen LogP contribution in [0.5, 0.6) is 0 Å². The van der Waals surface area contributed by atoms with Crippen LogP contribution in [0.2, 0.25) is 0 Å². The lowest BCUT2D eigenvalue weighted by molar-refractivity contribution is -0.128. The summed E-state index contributed by atoms with van der Waals surface area (Å²) >= 11 is 0. The molecule has 11 heteroatoms. The van der Waals surface area contributed by atoms with Crippen LogP contribution < -0.4 is 11.1 Å². The first kappa shape index (κ1) is 40.0. The summed E-state index contributed by atoms with van der Waals surface area (Å²) in [5.41, 5.74) is 8.43. The lowest BCUT2D eigenvalue weighted by Crippen LogP contribution is -2.63. The second-order valence-electron chi connectivity index (χ2n) is 14.3. The number of primary amides is 1. The molecule has 5 atom stereocenters. The first-order valence-electron chi connectivity index (χ1n) is 17.0. The van der Waals surface area contributed by atoms with Crippen molar-refractivity contribution in [3.8, 4) is 0 Å². The van der Waals surface area contributed by atoms with Crippen LogP contribution in [-0.2, 0) is 40.3 Å². The number of aliphatic hydroxyl groups excluding tert-OH is 2. The molecule has 0 bridgehead atoms. The molecule has 0 saturated heterocycles. The number of nitrogens with one attached hydrogen (secondary N) is 1. The first-order chi connectivity index (χ1) is 23.6. The molecule has 0 aliphatic rings. The molecule has 0 saturated carbocycles. The lowest BCUT2D eigenvalue weighted by atomic mass is 9.88. The molecule has 50 heavy (non-hydrogen) atoms. The highest BCUT2D eigenvalue weighted by Crippen LogP contribution is 2.25. The van der Waals surface area contributed by atoms with Crippen molar-refractivity contribution >= 4 is 18.1 Å². The standard InChI is InChI=1S/C39H54N4O7/c1-26(2)33(36(40)46)43(38(48)49-25-30-20-18-29(19-21-30)24-42(6)7)32(23-28-16-12-9-13-17-28)35(45)34(44)31(22-27-14-10-8-11-15-27)41-37(47)50-39(3,4)5/h8-21,26,31-35,44-45H,22-25H2,1-7H3,(H2,40,46)(H,41,47)/t31-,32+,33-,34+,35-/m0/s1. The number of ether oxygens (including phenoxy) is 2. The van der Waals surface area contributed by atoms with E-state index in [4.69, 9.17) is 15.2 Å². The molecule has 11 nitrogen and oxygen atoms in total. The van der Waals surface area contributed by atoms with E-state index in [2.05, 4.69) is 5.32 Å². The topological polar surface area (TPSA) is 155 Å². The minimum Gasteiger partial charge on any atom is -0.445 e. The molecular formula is C39H54N4O7. The summed E-state index contributed by atoms with van der Waals surface area (Å²) in [6.45, 7) is 9.28. The Bertz CT molecular complexity index is 1490. The summed E-state index contributed by atoms with van der Waals surface area (Å²) in [7, 11) is 3.95. The van der Waals surface area contributed by atoms with Crippen molar-refractivity contribution in [1.82, 2.24) is 15.1 Å². The van der Waals surface area contributed by atoms with E-state index >= 15 is 0 Å². The minimum atomic E-state index is -1.68. The summed E-state index contributed by atoms with van der Waals surface area (Å²) in [6.07, 6.45) is -4.81. The number of benzene rings is 3. The van der Waals surface area contributed by atoms with Gasteiger partial charge in [0, 0.05) is 6.54 Å². The Hall–Kier alpha value is -4.45. The maximum absolute atomic E-state index is 14.1. The van der Waals surface area contributed by atoms with Crippen LogP contribution >= 0.6 is 0 Å². The fourth-order valence-electron chi connectivity index (χ4n) is 5.86. The van der Waals surface area contributed by atoms with E-state index in [1.54, 1.807) is 34.6 Å². The second-order valence-corrected chi connectivity index (χ2v) is 14.3. The summed E-state index contributed by atoms with van der Waals surface area (Å²) < 4.78 is 11.3. The Morgan fingerprint density at radius 2 is 1.30 bits per heavy atom. The van der Waals surface area contributed by atoms with Crippen LogP contribution in [0.25, 0.3) is 0 Å². The van der Waals surface area contributed by atoms with E-state index in [0.717, 1.165) is 33.7 Å². The SMILES string of the molecule is CC(C)[C@@H](C(N)=O)N(C(=O)OCc1ccc(CN(C)C)cc1)[C@H](Cc1ccccc1)[C@H](O)[C@H](O)[C@H](Cc1ccccc1)NC(=O)OC(C)(C)C. The number of nitrogens with zero attached hydrogens (tertiary/aromatic N) is 2. The fraction of sp³-hybridized carbons (Fsp3) is 0.462. The average Bonchev–Trinajstić information content (AvgIpc) is 3.04. The highest BCUT2D eigenvalue weighted by Gasteiger charge is 2.44. The van der Waals surface area contributed by atoms with Gasteiger partial charge < -0.3 is 35.6 Å². The van der Waals surface area contributed by atoms with Gasteiger partial charge in [-0.2, -0.15) is 0 Å². The van der Waals surface area contributed by atoms with E-state index in [9.17, 15) is 24.6 Å². The van der Waals surface area contributed by atoms with Crippen LogP contribution in [0.4, 0.5) is 9.59 Å². The van der Waals surface area contributed by atoms with Crippen LogP contribution in [0.1, 0.15) is 56.9 Å². The van der Waals surface area contributed by atoms with E-state index in [-0.39, 0.29) is 19.4 Å². The van der Waals surface area contributed by atoms with E-state index in [1.165, 1.54) is 0 Å². The van der Waals surface area contributed by atoms with Gasteiger partial charge in [-0.1, -0.05) is 98.8 Å². The highest BCUT2D eigenvalue weighted by atomic mass is 16.6. The Morgan fingerprint density at radius 3 is 1.78 bits per heavy atom. The zero-order chi connectivity index (χ0) is 37.0. The van der Waals surface area contributed by atoms with Crippen LogP contribution in [0, 0.1) is 5.92 Å². The number of carbonyl (C=O) groups is 3. The Kier molecular flexibility index (Phi) is 14.8. The van der Waals surface area contributed by atoms with Crippen molar-refractivity contribution < 1.29 is 34.1 Å². The quantitative estimate of drug-likeness (QED) is 0.169. The fourth-order valence-corrected chi connectivity index (χ4v) is 5.86. The molecule has 0 aliphatic carbocycles. The molecule has 5 N–H and O–H groups in total. The number of rotatable bonds is 16. The average molecular weight is 691 g/mol. The predicted molar refractivity (Wildman–Crippen MR) is 193 cm³/mol. The maximum Gasteiger partial charge on any atom is 0.411 e. The maximum atomic E-state index is 14.1. The van der Waals surface area contributed by atoms with Gasteiger partial charge in [-0.15, -0.1) is 0 Å². The molecule has 3 amide bonds. The smallest absolute Gasteiger partial charge is 0.411 e. The Morgan fingerprint density at radius 1 is 0.780 bits per heavy atom. The Balaban J connectivity index is 2.03. The largest absolute Gasteiger partial charge is 0.445 e. The molecule has 3 rings (SSSR count). The summed E-state index contributed by atoms with van der Waals surface area (Å²) in [5, 5.41) is 26.7. The molecule has 3 aromatic rings. The Labute approximate surface area is 296 Å². The van der Waals surface area contributed by atoms with Crippen molar-refractivity contribution in [2.24, 2.45) is 11.7 Å². The molecular weight excluding hydrogens is 636 g/mol. The van der Waals surface area contributed by atoms with Gasteiger partial charge in [0.2, 0.25) is 5.91 Å². The van der Waals surface area contributed by atoms with Crippen molar-refractivity contribution in [1.29, 1.82) is 0 Å². The molecule has 0 spiro atoms. The van der Waals surface area contributed by atoms with E-state index < -0.39 is 59.9 Å². The number of carbonyl (C=O) groups excluding carboxylic acids is 3. The van der Waals surface area contributed by atoms with Crippen LogP contribution in [0.3, 0.4) is 0 Å². The van der Waals surface area contributed by atoms with Crippen molar-refractivity contribution in [2.45, 2.75) is 96.5 Å². The summed E-state index contributed by atoms with van der Waals surface area (Å²) in [5.74, 6) is -1.27. The van der Waals surface area contributed by atoms with Crippen molar-refractivity contribution in [3.05, 3.63) is 107 Å². The molecule has 0 aromatic heterocycles. The molecule has 0 aliphatic heterocycles. The van der Waals surface area contributed by atoms with Gasteiger partial charge in [0.25, 0.3) is 0 Å². The van der Waals surface area contributed by atoms with Crippen LogP contribution in [0.15, 0.2) is 84.9 Å². The highest BCUT2D eigenvalue weighted by molar-refractivity contribution is 5.85. The molecule has 272 valence electrons. The third-order valence-corrected chi connectivity index (χ3v) is 8.12. The molecule has 0 radical (unpaired) electrons. The number of nitrogens with two attached hydrogens (primary N) is 1. The molecule has 0 unspecified atom stereocenters. The second kappa shape index (κ2) is 18.5. The van der Waals surface area contributed by atoms with Gasteiger partial charge in [-0.3, -0.25) is 9.69 Å². The van der Waals surface area contributed by atoms with Gasteiger partial charge in [-0.25, -0.2) is 9.59 Å². The number of hydrogen-bond acceptors (Lipinski definition) is 8. The first-order valence-corrected chi connectivity index (χ1v) is 17.0. The summed E-state index contributed by atoms with van der Waals surface area (Å²) in [4.78, 5) is 43.4. The van der Waals surface area contributed by atoms with E-state index in [1.807, 2.05) is 104 Å². The van der Waals surface area contributed by atoms with Gasteiger partial charge in [0.1, 0.15) is 30.5 Å². The third kappa shape index (κ3) is 12.5. The normalized spacial score (nSPS) is 14.7. The van der Waals surface area contributed by atoms with E-state index in [0.29, 0.717) is 0 Å². The van der Waals surface area contributed by atoms with Gasteiger partial charge in [0.15, 0.2) is 0 Å².